The predicted molar refractivity (Wildman–Crippen MR) is 86.4 cm³/mol. The number of ether oxygens (including phenoxy) is 2. The van der Waals surface area contributed by atoms with Gasteiger partial charge in [-0.25, -0.2) is 4.79 Å². The van der Waals surface area contributed by atoms with E-state index in [0.717, 1.165) is 51.4 Å². The van der Waals surface area contributed by atoms with E-state index < -0.39 is 0 Å². The van der Waals surface area contributed by atoms with E-state index in [0.29, 0.717) is 13.2 Å². The van der Waals surface area contributed by atoms with Gasteiger partial charge < -0.3 is 9.47 Å². The molecule has 0 unspecified atom stereocenters. The molecule has 0 saturated heterocycles. The van der Waals surface area contributed by atoms with Crippen LogP contribution >= 0.6 is 0 Å². The summed E-state index contributed by atoms with van der Waals surface area (Å²) in [5, 5.41) is 0. The molecule has 1 rings (SSSR count). The Balaban J connectivity index is 1.84. The molecular weight excluding hydrogens is 280 g/mol. The largest absolute Gasteiger partial charge is 0.465 e. The number of esters is 2. The molecule has 0 atom stereocenters. The van der Waals surface area contributed by atoms with Gasteiger partial charge in [-0.3, -0.25) is 4.79 Å². The third kappa shape index (κ3) is 8.85. The molecule has 1 fully saturated rings. The zero-order chi connectivity index (χ0) is 16.0. The maximum Gasteiger partial charge on any atom is 0.330 e. The Hall–Kier alpha value is -1.32. The summed E-state index contributed by atoms with van der Waals surface area (Å²) in [6.45, 7) is 4.39. The van der Waals surface area contributed by atoms with Crippen LogP contribution in [-0.4, -0.2) is 25.2 Å². The second kappa shape index (κ2) is 12.2. The van der Waals surface area contributed by atoms with Crippen molar-refractivity contribution in [2.45, 2.75) is 70.6 Å². The van der Waals surface area contributed by atoms with Crippen LogP contribution in [0.3, 0.4) is 0 Å². The minimum atomic E-state index is -0.347. The van der Waals surface area contributed by atoms with Crippen molar-refractivity contribution in [3.8, 4) is 0 Å². The van der Waals surface area contributed by atoms with Crippen LogP contribution in [0, 0.1) is 5.92 Å². The summed E-state index contributed by atoms with van der Waals surface area (Å²) in [5.41, 5.74) is 0. The minimum Gasteiger partial charge on any atom is -0.465 e. The molecule has 0 bridgehead atoms. The first-order valence-electron chi connectivity index (χ1n) is 8.70. The molecule has 4 heteroatoms. The zero-order valence-electron chi connectivity index (χ0n) is 13.7. The fourth-order valence-electron chi connectivity index (χ4n) is 2.77. The Bertz CT molecular complexity index is 332. The number of rotatable bonds is 11. The van der Waals surface area contributed by atoms with Gasteiger partial charge in [0.25, 0.3) is 0 Å². The third-order valence-electron chi connectivity index (χ3n) is 4.13. The van der Waals surface area contributed by atoms with Gasteiger partial charge in [-0.15, -0.1) is 0 Å². The first-order valence-corrected chi connectivity index (χ1v) is 8.70. The van der Waals surface area contributed by atoms with Gasteiger partial charge in [0.1, 0.15) is 0 Å². The first kappa shape index (κ1) is 18.7. The van der Waals surface area contributed by atoms with Gasteiger partial charge >= 0.3 is 11.9 Å². The Morgan fingerprint density at radius 2 is 1.41 bits per heavy atom. The highest BCUT2D eigenvalue weighted by atomic mass is 16.5. The van der Waals surface area contributed by atoms with E-state index in [1.165, 1.54) is 25.3 Å². The molecule has 0 aromatic heterocycles. The van der Waals surface area contributed by atoms with Crippen LogP contribution in [0.25, 0.3) is 0 Å². The van der Waals surface area contributed by atoms with Crippen molar-refractivity contribution < 1.29 is 19.1 Å². The monoisotopic (exact) mass is 310 g/mol. The van der Waals surface area contributed by atoms with Gasteiger partial charge in [0.15, 0.2) is 0 Å². The van der Waals surface area contributed by atoms with Gasteiger partial charge in [-0.1, -0.05) is 51.5 Å². The van der Waals surface area contributed by atoms with Crippen molar-refractivity contribution >= 4 is 11.9 Å². The summed E-state index contributed by atoms with van der Waals surface area (Å²) >= 11 is 0. The van der Waals surface area contributed by atoms with Gasteiger partial charge in [0.2, 0.25) is 0 Å². The van der Waals surface area contributed by atoms with Crippen molar-refractivity contribution in [1.29, 1.82) is 0 Å². The molecule has 0 aromatic rings. The zero-order valence-corrected chi connectivity index (χ0v) is 13.7. The molecule has 0 N–H and O–H groups in total. The molecule has 1 saturated carbocycles. The van der Waals surface area contributed by atoms with Crippen LogP contribution in [0.5, 0.6) is 0 Å². The normalized spacial score (nSPS) is 15.3. The quantitative estimate of drug-likeness (QED) is 0.326. The van der Waals surface area contributed by atoms with Crippen LogP contribution in [0.1, 0.15) is 70.6 Å². The number of unbranched alkanes of at least 4 members (excludes halogenated alkanes) is 5. The van der Waals surface area contributed by atoms with Crippen molar-refractivity contribution in [3.63, 3.8) is 0 Å². The molecule has 1 aliphatic carbocycles. The molecule has 126 valence electrons. The lowest BCUT2D eigenvalue weighted by Gasteiger charge is -2.19. The van der Waals surface area contributed by atoms with Gasteiger partial charge in [-0.2, -0.15) is 0 Å². The summed E-state index contributed by atoms with van der Waals surface area (Å²) in [6, 6.07) is 0. The lowest BCUT2D eigenvalue weighted by Crippen LogP contribution is -2.20. The molecule has 0 heterocycles. The van der Waals surface area contributed by atoms with E-state index in [9.17, 15) is 9.59 Å². The van der Waals surface area contributed by atoms with E-state index in [1.54, 1.807) is 0 Å². The van der Waals surface area contributed by atoms with Crippen LogP contribution in [0.4, 0.5) is 0 Å². The standard InChI is InChI=1S/C18H30O4/c1-2-17(19)21-14-10-5-3-4-6-11-15-22-18(20)16-12-8-7-9-13-16/h2,16H,1,3-15H2. The van der Waals surface area contributed by atoms with Gasteiger partial charge in [0, 0.05) is 6.08 Å². The molecule has 1 aliphatic rings. The molecule has 22 heavy (non-hydrogen) atoms. The van der Waals surface area contributed by atoms with Crippen LogP contribution in [-0.2, 0) is 19.1 Å². The Morgan fingerprint density at radius 1 is 0.864 bits per heavy atom. The van der Waals surface area contributed by atoms with E-state index in [1.807, 2.05) is 0 Å². The predicted octanol–water partition coefficient (Wildman–Crippen LogP) is 4.18. The molecular formula is C18H30O4. The summed E-state index contributed by atoms with van der Waals surface area (Å²) in [6.07, 6.45) is 13.1. The van der Waals surface area contributed by atoms with E-state index in [-0.39, 0.29) is 17.9 Å². The fraction of sp³-hybridized carbons (Fsp3) is 0.778. The summed E-state index contributed by atoms with van der Waals surface area (Å²) in [4.78, 5) is 22.6. The average molecular weight is 310 g/mol. The molecule has 0 radical (unpaired) electrons. The minimum absolute atomic E-state index is 0.0173. The van der Waals surface area contributed by atoms with Gasteiger partial charge in [-0.05, 0) is 25.7 Å². The maximum atomic E-state index is 11.8. The second-order valence-corrected chi connectivity index (χ2v) is 6.00. The van der Waals surface area contributed by atoms with E-state index in [4.69, 9.17) is 9.47 Å². The Morgan fingerprint density at radius 3 is 2.00 bits per heavy atom. The smallest absolute Gasteiger partial charge is 0.330 e. The fourth-order valence-corrected chi connectivity index (χ4v) is 2.77. The van der Waals surface area contributed by atoms with Crippen LogP contribution < -0.4 is 0 Å². The molecule has 0 aliphatic heterocycles. The lowest BCUT2D eigenvalue weighted by atomic mass is 9.89. The van der Waals surface area contributed by atoms with Crippen molar-refractivity contribution in [2.75, 3.05) is 13.2 Å². The van der Waals surface area contributed by atoms with E-state index >= 15 is 0 Å². The number of hydrogen-bond acceptors (Lipinski definition) is 4. The highest BCUT2D eigenvalue weighted by Gasteiger charge is 2.21. The highest BCUT2D eigenvalue weighted by molar-refractivity contribution is 5.81. The SMILES string of the molecule is C=CC(=O)OCCCCCCCCOC(=O)C1CCCCC1. The molecule has 0 amide bonds. The Labute approximate surface area is 134 Å². The van der Waals surface area contributed by atoms with Crippen molar-refractivity contribution in [2.24, 2.45) is 5.92 Å². The average Bonchev–Trinajstić information content (AvgIpc) is 2.56. The van der Waals surface area contributed by atoms with Crippen molar-refractivity contribution in [3.05, 3.63) is 12.7 Å². The molecule has 4 nitrogen and oxygen atoms in total. The first-order chi connectivity index (χ1) is 10.7. The van der Waals surface area contributed by atoms with Crippen LogP contribution in [0.2, 0.25) is 0 Å². The van der Waals surface area contributed by atoms with Gasteiger partial charge in [0.05, 0.1) is 19.1 Å². The number of carbonyl (C=O) groups excluding carboxylic acids is 2. The summed E-state index contributed by atoms with van der Waals surface area (Å²) in [7, 11) is 0. The number of hydrogen-bond donors (Lipinski definition) is 0. The molecule has 0 spiro atoms. The second-order valence-electron chi connectivity index (χ2n) is 6.00. The van der Waals surface area contributed by atoms with Crippen LogP contribution in [0.15, 0.2) is 12.7 Å². The Kier molecular flexibility index (Phi) is 10.4. The topological polar surface area (TPSA) is 52.6 Å². The lowest BCUT2D eigenvalue weighted by molar-refractivity contribution is -0.149. The van der Waals surface area contributed by atoms with E-state index in [2.05, 4.69) is 6.58 Å². The number of carbonyl (C=O) groups is 2. The summed E-state index contributed by atoms with van der Waals surface area (Å²) < 4.78 is 10.3. The maximum absolute atomic E-state index is 11.8. The van der Waals surface area contributed by atoms with Crippen molar-refractivity contribution in [1.82, 2.24) is 0 Å². The summed E-state index contributed by atoms with van der Waals surface area (Å²) in [5.74, 6) is -0.171. The third-order valence-corrected chi connectivity index (χ3v) is 4.13. The highest BCUT2D eigenvalue weighted by Crippen LogP contribution is 2.24. The molecule has 0 aromatic carbocycles.